The first-order valence-electron chi connectivity index (χ1n) is 8.70. The summed E-state index contributed by atoms with van der Waals surface area (Å²) in [6.45, 7) is 0.825. The quantitative estimate of drug-likeness (QED) is 0.527. The van der Waals surface area contributed by atoms with E-state index in [0.717, 1.165) is 13.0 Å². The number of carbonyl (C=O) groups excluding carboxylic acids is 1. The highest BCUT2D eigenvalue weighted by Crippen LogP contribution is 2.43. The van der Waals surface area contributed by atoms with Gasteiger partial charge in [0.25, 0.3) is 0 Å². The Morgan fingerprint density at radius 3 is 2.28 bits per heavy atom. The summed E-state index contributed by atoms with van der Waals surface area (Å²) < 4.78 is 2.37. The SMILES string of the molecule is O=C1C[C@@H](c2ccccc2)N[C@H]2C[C@@H](c3ccccc3)N(SI)C[C@@H]12. The van der Waals surface area contributed by atoms with Gasteiger partial charge in [-0.05, 0) is 26.7 Å². The maximum absolute atomic E-state index is 12.8. The topological polar surface area (TPSA) is 32.3 Å². The lowest BCUT2D eigenvalue weighted by molar-refractivity contribution is -0.128. The average Bonchev–Trinajstić information content (AvgIpc) is 2.68. The van der Waals surface area contributed by atoms with Crippen LogP contribution < -0.4 is 5.32 Å². The van der Waals surface area contributed by atoms with Crippen LogP contribution in [0.3, 0.4) is 0 Å². The highest BCUT2D eigenvalue weighted by atomic mass is 127. The van der Waals surface area contributed by atoms with Gasteiger partial charge in [0, 0.05) is 58.2 Å². The fourth-order valence-corrected chi connectivity index (χ4v) is 5.93. The van der Waals surface area contributed by atoms with Crippen molar-refractivity contribution < 1.29 is 4.79 Å². The van der Waals surface area contributed by atoms with Crippen molar-refractivity contribution in [1.82, 2.24) is 9.62 Å². The Morgan fingerprint density at radius 2 is 1.64 bits per heavy atom. The number of hydrogen-bond acceptors (Lipinski definition) is 4. The molecule has 25 heavy (non-hydrogen) atoms. The zero-order valence-electron chi connectivity index (χ0n) is 13.8. The van der Waals surface area contributed by atoms with E-state index in [9.17, 15) is 4.79 Å². The van der Waals surface area contributed by atoms with E-state index >= 15 is 0 Å². The van der Waals surface area contributed by atoms with Gasteiger partial charge in [-0.1, -0.05) is 60.7 Å². The molecular weight excluding hydrogens is 443 g/mol. The molecule has 2 aliphatic heterocycles. The van der Waals surface area contributed by atoms with E-state index < -0.39 is 0 Å². The smallest absolute Gasteiger partial charge is 0.140 e. The van der Waals surface area contributed by atoms with Crippen LogP contribution in [0.4, 0.5) is 0 Å². The summed E-state index contributed by atoms with van der Waals surface area (Å²) in [5, 5.41) is 3.79. The average molecular weight is 464 g/mol. The van der Waals surface area contributed by atoms with Crippen LogP contribution in [0.25, 0.3) is 0 Å². The molecule has 2 saturated heterocycles. The number of benzene rings is 2. The summed E-state index contributed by atoms with van der Waals surface area (Å²) in [4.78, 5) is 12.8. The summed E-state index contributed by atoms with van der Waals surface area (Å²) >= 11 is 2.34. The molecule has 1 N–H and O–H groups in total. The second-order valence-corrected chi connectivity index (χ2v) is 8.63. The molecule has 5 heteroatoms. The molecule has 0 aliphatic carbocycles. The lowest BCUT2D eigenvalue weighted by Crippen LogP contribution is -2.56. The van der Waals surface area contributed by atoms with E-state index in [1.54, 1.807) is 9.12 Å². The first kappa shape index (κ1) is 17.5. The van der Waals surface area contributed by atoms with Gasteiger partial charge in [-0.25, -0.2) is 4.31 Å². The molecule has 0 spiro atoms. The number of hydrogen-bond donors (Lipinski definition) is 1. The zero-order chi connectivity index (χ0) is 17.2. The molecule has 4 rings (SSSR count). The van der Waals surface area contributed by atoms with Crippen LogP contribution in [-0.2, 0) is 4.79 Å². The molecule has 130 valence electrons. The minimum atomic E-state index is 0.0993. The number of halogens is 1. The second-order valence-electron chi connectivity index (χ2n) is 6.84. The van der Waals surface area contributed by atoms with Crippen molar-refractivity contribution >= 4 is 36.1 Å². The number of piperidine rings is 2. The fourth-order valence-electron chi connectivity index (χ4n) is 4.10. The first-order chi connectivity index (χ1) is 12.3. The van der Waals surface area contributed by atoms with Crippen LogP contribution in [0, 0.1) is 5.92 Å². The Balaban J connectivity index is 1.58. The zero-order valence-corrected chi connectivity index (χ0v) is 16.8. The van der Waals surface area contributed by atoms with Gasteiger partial charge in [-0.2, -0.15) is 0 Å². The van der Waals surface area contributed by atoms with E-state index in [0.29, 0.717) is 18.2 Å². The fraction of sp³-hybridized carbons (Fsp3) is 0.350. The number of ketones is 1. The monoisotopic (exact) mass is 464 g/mol. The van der Waals surface area contributed by atoms with Crippen LogP contribution in [0.1, 0.15) is 36.1 Å². The molecule has 2 fully saturated rings. The summed E-state index contributed by atoms with van der Waals surface area (Å²) in [5.74, 6) is 0.502. The highest BCUT2D eigenvalue weighted by Gasteiger charge is 2.44. The molecule has 2 heterocycles. The van der Waals surface area contributed by atoms with Crippen LogP contribution in [0.5, 0.6) is 0 Å². The molecule has 0 bridgehead atoms. The van der Waals surface area contributed by atoms with E-state index in [4.69, 9.17) is 0 Å². The van der Waals surface area contributed by atoms with Gasteiger partial charge in [-0.15, -0.1) is 0 Å². The summed E-state index contributed by atoms with van der Waals surface area (Å²) in [6, 6.07) is 21.8. The van der Waals surface area contributed by atoms with Crippen molar-refractivity contribution in [2.45, 2.75) is 31.0 Å². The summed E-state index contributed by atoms with van der Waals surface area (Å²) in [7, 11) is 1.73. The number of nitrogens with zero attached hydrogens (tertiary/aromatic N) is 1. The molecular formula is C20H21IN2OS. The minimum absolute atomic E-state index is 0.0993. The Hall–Kier alpha value is -0.890. The molecule has 0 aromatic heterocycles. The molecule has 3 nitrogen and oxygen atoms in total. The minimum Gasteiger partial charge on any atom is -0.306 e. The first-order valence-corrected chi connectivity index (χ1v) is 12.0. The van der Waals surface area contributed by atoms with Crippen molar-refractivity contribution in [1.29, 1.82) is 0 Å². The van der Waals surface area contributed by atoms with Gasteiger partial charge in [0.15, 0.2) is 0 Å². The molecule has 2 aromatic carbocycles. The Kier molecular flexibility index (Phi) is 5.45. The maximum Gasteiger partial charge on any atom is 0.140 e. The Bertz CT molecular complexity index is 727. The van der Waals surface area contributed by atoms with Crippen LogP contribution in [0.2, 0.25) is 0 Å². The van der Waals surface area contributed by atoms with Crippen molar-refractivity contribution in [3.05, 3.63) is 71.8 Å². The lowest BCUT2D eigenvalue weighted by Gasteiger charge is -2.46. The van der Waals surface area contributed by atoms with Crippen molar-refractivity contribution in [3.8, 4) is 0 Å². The van der Waals surface area contributed by atoms with Crippen molar-refractivity contribution in [3.63, 3.8) is 0 Å². The third-order valence-electron chi connectivity index (χ3n) is 5.40. The molecule has 2 aromatic rings. The van der Waals surface area contributed by atoms with E-state index in [1.165, 1.54) is 11.1 Å². The van der Waals surface area contributed by atoms with Crippen LogP contribution in [-0.4, -0.2) is 22.7 Å². The number of rotatable bonds is 3. The lowest BCUT2D eigenvalue weighted by atomic mass is 9.78. The van der Waals surface area contributed by atoms with E-state index in [-0.39, 0.29) is 18.0 Å². The van der Waals surface area contributed by atoms with Gasteiger partial charge < -0.3 is 5.32 Å². The molecule has 2 aliphatic rings. The Labute approximate surface area is 165 Å². The largest absolute Gasteiger partial charge is 0.306 e. The van der Waals surface area contributed by atoms with E-state index in [2.05, 4.69) is 85.4 Å². The third kappa shape index (κ3) is 3.65. The predicted octanol–water partition coefficient (Wildman–Crippen LogP) is 4.72. The summed E-state index contributed by atoms with van der Waals surface area (Å²) in [5.41, 5.74) is 2.55. The van der Waals surface area contributed by atoms with Gasteiger partial charge >= 0.3 is 0 Å². The number of nitrogens with one attached hydrogen (secondary N) is 1. The van der Waals surface area contributed by atoms with Gasteiger partial charge in [0.1, 0.15) is 5.78 Å². The number of carbonyl (C=O) groups is 1. The maximum atomic E-state index is 12.8. The van der Waals surface area contributed by atoms with E-state index in [1.807, 2.05) is 6.07 Å². The molecule has 0 saturated carbocycles. The van der Waals surface area contributed by atoms with Crippen LogP contribution >= 0.6 is 30.3 Å². The predicted molar refractivity (Wildman–Crippen MR) is 111 cm³/mol. The Morgan fingerprint density at radius 1 is 1.00 bits per heavy atom. The number of fused-ring (bicyclic) bond motifs is 1. The third-order valence-corrected chi connectivity index (χ3v) is 7.49. The van der Waals surface area contributed by atoms with Crippen molar-refractivity contribution in [2.75, 3.05) is 6.54 Å². The normalized spacial score (nSPS) is 30.0. The standard InChI is InChI=1S/C20H21IN2OS/c21-25-23-13-16-18(11-19(23)15-9-5-2-6-10-15)22-17(12-20(16)24)14-7-3-1-4-8-14/h1-10,16-19,22H,11-13H2/t16-,17+,18+,19+/m1/s1. The molecule has 0 unspecified atom stereocenters. The van der Waals surface area contributed by atoms with Crippen LogP contribution in [0.15, 0.2) is 60.7 Å². The second kappa shape index (κ2) is 7.78. The molecule has 0 radical (unpaired) electrons. The van der Waals surface area contributed by atoms with Gasteiger partial charge in [0.2, 0.25) is 0 Å². The van der Waals surface area contributed by atoms with Gasteiger partial charge in [0.05, 0.1) is 0 Å². The van der Waals surface area contributed by atoms with Gasteiger partial charge in [-0.3, -0.25) is 4.79 Å². The highest BCUT2D eigenvalue weighted by molar-refractivity contribution is 14.2. The van der Waals surface area contributed by atoms with Crippen molar-refractivity contribution in [2.24, 2.45) is 5.92 Å². The molecule has 0 amide bonds. The summed E-state index contributed by atoms with van der Waals surface area (Å²) in [6.07, 6.45) is 1.57. The molecule has 4 atom stereocenters. The number of Topliss-reactive ketones (excluding diaryl/α,β-unsaturated/α-hetero) is 1.